The highest BCUT2D eigenvalue weighted by Crippen LogP contribution is 2.34. The molecule has 8 heteroatoms. The molecule has 2 rings (SSSR count). The van der Waals surface area contributed by atoms with Gasteiger partial charge >= 0.3 is 0 Å². The van der Waals surface area contributed by atoms with Gasteiger partial charge in [0.05, 0.1) is 0 Å². The Morgan fingerprint density at radius 1 is 1.19 bits per heavy atom. The van der Waals surface area contributed by atoms with Gasteiger partial charge in [0.2, 0.25) is 20.0 Å². The van der Waals surface area contributed by atoms with E-state index in [1.807, 2.05) is 6.92 Å². The lowest BCUT2D eigenvalue weighted by atomic mass is 10.1. The molecule has 1 aliphatic rings. The molecule has 1 aromatic carbocycles. The van der Waals surface area contributed by atoms with Crippen molar-refractivity contribution in [1.82, 2.24) is 4.72 Å². The fourth-order valence-corrected chi connectivity index (χ4v) is 4.96. The predicted molar refractivity (Wildman–Crippen MR) is 79.6 cm³/mol. The van der Waals surface area contributed by atoms with Crippen molar-refractivity contribution >= 4 is 20.0 Å². The number of hydrogen-bond donors (Lipinski definition) is 2. The van der Waals surface area contributed by atoms with Crippen LogP contribution in [0, 0.1) is 5.92 Å². The second kappa shape index (κ2) is 6.04. The van der Waals surface area contributed by atoms with Gasteiger partial charge in [-0.3, -0.25) is 0 Å². The number of rotatable bonds is 7. The highest BCUT2D eigenvalue weighted by molar-refractivity contribution is 7.92. The summed E-state index contributed by atoms with van der Waals surface area (Å²) in [4.78, 5) is -0.666. The fourth-order valence-electron chi connectivity index (χ4n) is 2.24. The molecule has 1 atom stereocenters. The molecule has 1 saturated carbocycles. The summed E-state index contributed by atoms with van der Waals surface area (Å²) in [5, 5.41) is 5.09. The van der Waals surface area contributed by atoms with E-state index >= 15 is 0 Å². The quantitative estimate of drug-likeness (QED) is 0.782. The maximum absolute atomic E-state index is 12.4. The molecular weight excluding hydrogens is 312 g/mol. The van der Waals surface area contributed by atoms with Gasteiger partial charge in [0, 0.05) is 6.04 Å². The summed E-state index contributed by atoms with van der Waals surface area (Å²) >= 11 is 0. The lowest BCUT2D eigenvalue weighted by molar-refractivity contribution is 0.494. The van der Waals surface area contributed by atoms with Gasteiger partial charge in [-0.1, -0.05) is 31.9 Å². The Bertz CT molecular complexity index is 709. The van der Waals surface area contributed by atoms with Crippen molar-refractivity contribution in [3.8, 4) is 0 Å². The predicted octanol–water partition coefficient (Wildman–Crippen LogP) is 1.19. The van der Waals surface area contributed by atoms with E-state index in [2.05, 4.69) is 4.72 Å². The van der Waals surface area contributed by atoms with Crippen molar-refractivity contribution in [2.45, 2.75) is 48.4 Å². The number of benzene rings is 1. The van der Waals surface area contributed by atoms with Gasteiger partial charge in [0.25, 0.3) is 0 Å². The van der Waals surface area contributed by atoms with Gasteiger partial charge in [-0.2, -0.15) is 0 Å². The van der Waals surface area contributed by atoms with E-state index in [0.29, 0.717) is 12.3 Å². The first kappa shape index (κ1) is 16.4. The molecule has 0 amide bonds. The maximum atomic E-state index is 12.4. The lowest BCUT2D eigenvalue weighted by Gasteiger charge is -2.18. The monoisotopic (exact) mass is 332 g/mol. The zero-order valence-electron chi connectivity index (χ0n) is 11.8. The van der Waals surface area contributed by atoms with Gasteiger partial charge in [0.15, 0.2) is 0 Å². The minimum atomic E-state index is -4.09. The molecule has 0 aliphatic heterocycles. The van der Waals surface area contributed by atoms with Crippen LogP contribution < -0.4 is 9.86 Å². The van der Waals surface area contributed by atoms with Crippen LogP contribution in [0.25, 0.3) is 0 Å². The van der Waals surface area contributed by atoms with Gasteiger partial charge in [-0.15, -0.1) is 0 Å². The molecule has 0 aromatic heterocycles. The van der Waals surface area contributed by atoms with Gasteiger partial charge < -0.3 is 0 Å². The van der Waals surface area contributed by atoms with Crippen molar-refractivity contribution in [3.63, 3.8) is 0 Å². The minimum absolute atomic E-state index is 0.184. The van der Waals surface area contributed by atoms with Crippen LogP contribution in [0.15, 0.2) is 34.1 Å². The van der Waals surface area contributed by atoms with Crippen molar-refractivity contribution in [1.29, 1.82) is 0 Å². The van der Waals surface area contributed by atoms with Gasteiger partial charge in [-0.25, -0.2) is 26.7 Å². The molecule has 1 unspecified atom stereocenters. The summed E-state index contributed by atoms with van der Waals surface area (Å²) in [5.74, 6) is 0.575. The number of sulfonamides is 2. The fraction of sp³-hybridized carbons (Fsp3) is 0.538. The highest BCUT2D eigenvalue weighted by Gasteiger charge is 2.29. The molecule has 0 heterocycles. The third-order valence-corrected chi connectivity index (χ3v) is 6.25. The summed E-state index contributed by atoms with van der Waals surface area (Å²) in [6.07, 6.45) is 3.71. The summed E-state index contributed by atoms with van der Waals surface area (Å²) in [5.41, 5.74) is 0. The summed E-state index contributed by atoms with van der Waals surface area (Å²) in [6, 6.07) is 5.19. The van der Waals surface area contributed by atoms with Crippen LogP contribution in [0.3, 0.4) is 0 Å². The van der Waals surface area contributed by atoms with Gasteiger partial charge in [0.1, 0.15) is 9.79 Å². The summed E-state index contributed by atoms with van der Waals surface area (Å²) < 4.78 is 50.5. The standard InChI is InChI=1S/C13H20N2O4S2/c1-2-11(9-10-7-8-10)15-21(18,19)13-6-4-3-5-12(13)20(14,16)17/h3-6,10-11,15H,2,7-9H2,1H3,(H2,14,16,17). The molecule has 0 saturated heterocycles. The molecule has 1 fully saturated rings. The lowest BCUT2D eigenvalue weighted by Crippen LogP contribution is -2.35. The van der Waals surface area contributed by atoms with Crippen LogP contribution in [0.5, 0.6) is 0 Å². The normalized spacial score (nSPS) is 17.6. The second-order valence-electron chi connectivity index (χ2n) is 5.40. The van der Waals surface area contributed by atoms with Gasteiger partial charge in [-0.05, 0) is 30.9 Å². The third kappa shape index (κ3) is 4.26. The van der Waals surface area contributed by atoms with Crippen LogP contribution in [-0.4, -0.2) is 22.9 Å². The van der Waals surface area contributed by atoms with Crippen molar-refractivity contribution in [2.24, 2.45) is 11.1 Å². The summed E-state index contributed by atoms with van der Waals surface area (Å²) in [7, 11) is -8.00. The Hall–Kier alpha value is -0.960. The van der Waals surface area contributed by atoms with Crippen LogP contribution in [-0.2, 0) is 20.0 Å². The molecular formula is C13H20N2O4S2. The molecule has 0 bridgehead atoms. The Balaban J connectivity index is 2.30. The first-order valence-corrected chi connectivity index (χ1v) is 9.91. The van der Waals surface area contributed by atoms with Crippen LogP contribution >= 0.6 is 0 Å². The molecule has 1 aromatic rings. The van der Waals surface area contributed by atoms with E-state index in [0.717, 1.165) is 19.3 Å². The van der Waals surface area contributed by atoms with Crippen molar-refractivity contribution in [3.05, 3.63) is 24.3 Å². The van der Waals surface area contributed by atoms with E-state index in [1.165, 1.54) is 24.3 Å². The smallest absolute Gasteiger partial charge is 0.225 e. The molecule has 118 valence electrons. The largest absolute Gasteiger partial charge is 0.242 e. The molecule has 21 heavy (non-hydrogen) atoms. The van der Waals surface area contributed by atoms with Crippen LogP contribution in [0.1, 0.15) is 32.6 Å². The highest BCUT2D eigenvalue weighted by atomic mass is 32.2. The van der Waals surface area contributed by atoms with E-state index in [1.54, 1.807) is 0 Å². The number of hydrogen-bond acceptors (Lipinski definition) is 4. The van der Waals surface area contributed by atoms with E-state index in [-0.39, 0.29) is 15.8 Å². The number of primary sulfonamides is 1. The zero-order valence-corrected chi connectivity index (χ0v) is 13.5. The average molecular weight is 332 g/mol. The topological polar surface area (TPSA) is 106 Å². The van der Waals surface area contributed by atoms with E-state index < -0.39 is 20.0 Å². The van der Waals surface area contributed by atoms with Crippen molar-refractivity contribution in [2.75, 3.05) is 0 Å². The van der Waals surface area contributed by atoms with Crippen molar-refractivity contribution < 1.29 is 16.8 Å². The average Bonchev–Trinajstić information content (AvgIpc) is 3.20. The second-order valence-corrected chi connectivity index (χ2v) is 8.61. The van der Waals surface area contributed by atoms with E-state index in [4.69, 9.17) is 5.14 Å². The first-order chi connectivity index (χ1) is 9.74. The molecule has 6 nitrogen and oxygen atoms in total. The molecule has 0 radical (unpaired) electrons. The number of nitrogens with one attached hydrogen (secondary N) is 1. The molecule has 0 spiro atoms. The van der Waals surface area contributed by atoms with Crippen LogP contribution in [0.4, 0.5) is 0 Å². The summed E-state index contributed by atoms with van der Waals surface area (Å²) in [6.45, 7) is 1.90. The SMILES string of the molecule is CCC(CC1CC1)NS(=O)(=O)c1ccccc1S(N)(=O)=O. The van der Waals surface area contributed by atoms with E-state index in [9.17, 15) is 16.8 Å². The van der Waals surface area contributed by atoms with Crippen LogP contribution in [0.2, 0.25) is 0 Å². The Morgan fingerprint density at radius 2 is 1.76 bits per heavy atom. The Labute approximate surface area is 125 Å². The third-order valence-electron chi connectivity index (χ3n) is 3.57. The number of nitrogens with two attached hydrogens (primary N) is 1. The Kier molecular flexibility index (Phi) is 4.72. The molecule has 1 aliphatic carbocycles. The zero-order chi connectivity index (χ0) is 15.7. The minimum Gasteiger partial charge on any atom is -0.225 e. The first-order valence-electron chi connectivity index (χ1n) is 6.88. The Morgan fingerprint density at radius 3 is 2.24 bits per heavy atom. The molecule has 3 N–H and O–H groups in total. The maximum Gasteiger partial charge on any atom is 0.242 e.